The number of anilines is 3. The maximum atomic E-state index is 2.39. The zero-order valence-corrected chi connectivity index (χ0v) is 35.2. The minimum Gasteiger partial charge on any atom is -0.311 e. The van der Waals surface area contributed by atoms with E-state index in [0.29, 0.717) is 0 Å². The summed E-state index contributed by atoms with van der Waals surface area (Å²) in [5.41, 5.74) is 16.5. The van der Waals surface area contributed by atoms with E-state index in [2.05, 4.69) is 252 Å². The topological polar surface area (TPSA) is 8.17 Å². The smallest absolute Gasteiger partial charge is 0.0541 e. The molecule has 296 valence electrons. The van der Waals surface area contributed by atoms with Crippen LogP contribution in [-0.4, -0.2) is 4.57 Å². The average molecular weight is 821 g/mol. The Bertz CT molecular complexity index is 3430. The Morgan fingerprint density at radius 2 is 0.714 bits per heavy atom. The number of hydrogen-bond acceptors (Lipinski definition) is 2. The minimum atomic E-state index is 1.10. The Morgan fingerprint density at radius 1 is 0.302 bits per heavy atom. The summed E-state index contributed by atoms with van der Waals surface area (Å²) >= 11 is 1.88. The summed E-state index contributed by atoms with van der Waals surface area (Å²) in [5, 5.41) is 5.13. The van der Waals surface area contributed by atoms with E-state index >= 15 is 0 Å². The van der Waals surface area contributed by atoms with E-state index in [-0.39, 0.29) is 0 Å². The predicted molar refractivity (Wildman–Crippen MR) is 270 cm³/mol. The second-order valence-corrected chi connectivity index (χ2v) is 17.2. The fourth-order valence-electron chi connectivity index (χ4n) is 9.32. The van der Waals surface area contributed by atoms with Crippen LogP contribution in [0.2, 0.25) is 0 Å². The number of nitrogens with zero attached hydrogens (tertiary/aromatic N) is 2. The van der Waals surface area contributed by atoms with Crippen LogP contribution in [0.3, 0.4) is 0 Å². The van der Waals surface area contributed by atoms with E-state index in [1.54, 1.807) is 0 Å². The van der Waals surface area contributed by atoms with Crippen LogP contribution in [0.4, 0.5) is 17.1 Å². The molecule has 0 fully saturated rings. The van der Waals surface area contributed by atoms with Crippen molar-refractivity contribution in [2.45, 2.75) is 0 Å². The van der Waals surface area contributed by atoms with Crippen molar-refractivity contribution < 1.29 is 0 Å². The Kier molecular flexibility index (Phi) is 9.06. The number of aromatic nitrogens is 1. The molecule has 0 unspecified atom stereocenters. The molecule has 0 aliphatic carbocycles. The first-order chi connectivity index (χ1) is 31.2. The monoisotopic (exact) mass is 820 g/mol. The van der Waals surface area contributed by atoms with Gasteiger partial charge in [-0.1, -0.05) is 164 Å². The standard InChI is InChI=1S/C60H40N2S/c1-3-13-41(14-4-1)43-23-31-48(32-24-43)61(49-33-25-44(26-34-49)42-15-5-2-6-16-42)50-35-27-45(28-36-50)47-39-55(60-56(40-47)54-19-9-12-22-59(54)63-60)46-29-37-51(38-30-46)62-57-20-10-7-17-52(57)53-18-8-11-21-58(53)62/h1-40H. The lowest BCUT2D eigenvalue weighted by Gasteiger charge is -2.26. The van der Waals surface area contributed by atoms with Gasteiger partial charge in [0.25, 0.3) is 0 Å². The van der Waals surface area contributed by atoms with Gasteiger partial charge in [0.15, 0.2) is 0 Å². The molecule has 0 amide bonds. The molecule has 2 heterocycles. The third-order valence-corrected chi connectivity index (χ3v) is 13.6. The maximum Gasteiger partial charge on any atom is 0.0541 e. The molecule has 12 aromatic rings. The van der Waals surface area contributed by atoms with Crippen LogP contribution < -0.4 is 4.90 Å². The van der Waals surface area contributed by atoms with Crippen LogP contribution >= 0.6 is 11.3 Å². The fraction of sp³-hybridized carbons (Fsp3) is 0. The van der Waals surface area contributed by atoms with Crippen LogP contribution in [0.1, 0.15) is 0 Å². The van der Waals surface area contributed by atoms with Gasteiger partial charge in [-0.2, -0.15) is 0 Å². The molecule has 0 spiro atoms. The number of para-hydroxylation sites is 2. The Labute approximate surface area is 370 Å². The number of hydrogen-bond donors (Lipinski definition) is 0. The molecular weight excluding hydrogens is 781 g/mol. The average Bonchev–Trinajstić information content (AvgIpc) is 3.91. The van der Waals surface area contributed by atoms with Gasteiger partial charge in [-0.05, 0) is 118 Å². The van der Waals surface area contributed by atoms with Crippen molar-refractivity contribution in [1.29, 1.82) is 0 Å². The van der Waals surface area contributed by atoms with E-state index in [9.17, 15) is 0 Å². The highest BCUT2D eigenvalue weighted by atomic mass is 32.1. The zero-order chi connectivity index (χ0) is 41.7. The quantitative estimate of drug-likeness (QED) is 0.148. The zero-order valence-electron chi connectivity index (χ0n) is 34.4. The third-order valence-electron chi connectivity index (χ3n) is 12.4. The van der Waals surface area contributed by atoms with Gasteiger partial charge in [-0.15, -0.1) is 11.3 Å². The molecule has 12 rings (SSSR count). The molecule has 0 bridgehead atoms. The first-order valence-corrected chi connectivity index (χ1v) is 22.3. The summed E-state index contributed by atoms with van der Waals surface area (Å²) in [4.78, 5) is 2.35. The predicted octanol–water partition coefficient (Wildman–Crippen LogP) is 17.3. The second kappa shape index (κ2) is 15.5. The molecule has 10 aromatic carbocycles. The van der Waals surface area contributed by atoms with Gasteiger partial charge in [-0.3, -0.25) is 0 Å². The van der Waals surface area contributed by atoms with Gasteiger partial charge in [-0.25, -0.2) is 0 Å². The van der Waals surface area contributed by atoms with Crippen LogP contribution in [0, 0.1) is 0 Å². The van der Waals surface area contributed by atoms with Gasteiger partial charge in [0, 0.05) is 59.3 Å². The van der Waals surface area contributed by atoms with Gasteiger partial charge >= 0.3 is 0 Å². The molecule has 0 atom stereocenters. The lowest BCUT2D eigenvalue weighted by Crippen LogP contribution is -2.09. The Morgan fingerprint density at radius 3 is 1.24 bits per heavy atom. The maximum absolute atomic E-state index is 2.39. The number of benzene rings is 10. The molecule has 0 N–H and O–H groups in total. The lowest BCUT2D eigenvalue weighted by molar-refractivity contribution is 1.18. The highest BCUT2D eigenvalue weighted by Crippen LogP contribution is 2.44. The third kappa shape index (κ3) is 6.58. The van der Waals surface area contributed by atoms with E-state index in [1.165, 1.54) is 86.5 Å². The van der Waals surface area contributed by atoms with E-state index in [0.717, 1.165) is 22.7 Å². The summed E-state index contributed by atoms with van der Waals surface area (Å²) in [6.07, 6.45) is 0. The van der Waals surface area contributed by atoms with Crippen LogP contribution in [0.25, 0.3) is 92.2 Å². The second-order valence-electron chi connectivity index (χ2n) is 16.1. The first kappa shape index (κ1) is 36.8. The fourth-order valence-corrected chi connectivity index (χ4v) is 10.5. The molecular formula is C60H40N2S. The van der Waals surface area contributed by atoms with Gasteiger partial charge < -0.3 is 9.47 Å². The Hall–Kier alpha value is -7.98. The van der Waals surface area contributed by atoms with Gasteiger partial charge in [0.1, 0.15) is 0 Å². The highest BCUT2D eigenvalue weighted by Gasteiger charge is 2.18. The van der Waals surface area contributed by atoms with Crippen molar-refractivity contribution in [1.82, 2.24) is 4.57 Å². The molecule has 0 aliphatic heterocycles. The number of fused-ring (bicyclic) bond motifs is 6. The highest BCUT2D eigenvalue weighted by molar-refractivity contribution is 7.26. The van der Waals surface area contributed by atoms with E-state index in [4.69, 9.17) is 0 Å². The van der Waals surface area contributed by atoms with Crippen molar-refractivity contribution in [3.05, 3.63) is 243 Å². The summed E-state index contributed by atoms with van der Waals surface area (Å²) in [7, 11) is 0. The molecule has 0 radical (unpaired) electrons. The summed E-state index contributed by atoms with van der Waals surface area (Å²) in [6, 6.07) is 88.3. The van der Waals surface area contributed by atoms with Crippen molar-refractivity contribution in [3.8, 4) is 50.2 Å². The van der Waals surface area contributed by atoms with E-state index < -0.39 is 0 Å². The van der Waals surface area contributed by atoms with Crippen molar-refractivity contribution in [2.75, 3.05) is 4.90 Å². The summed E-state index contributed by atoms with van der Waals surface area (Å²) < 4.78 is 5.00. The number of rotatable bonds is 8. The first-order valence-electron chi connectivity index (χ1n) is 21.5. The summed E-state index contributed by atoms with van der Waals surface area (Å²) in [5.74, 6) is 0. The minimum absolute atomic E-state index is 1.10. The van der Waals surface area contributed by atoms with Crippen molar-refractivity contribution in [3.63, 3.8) is 0 Å². The van der Waals surface area contributed by atoms with Gasteiger partial charge in [0.2, 0.25) is 0 Å². The van der Waals surface area contributed by atoms with Crippen LogP contribution in [-0.2, 0) is 0 Å². The molecule has 0 saturated heterocycles. The molecule has 63 heavy (non-hydrogen) atoms. The van der Waals surface area contributed by atoms with E-state index in [1.807, 2.05) is 11.3 Å². The summed E-state index contributed by atoms with van der Waals surface area (Å²) in [6.45, 7) is 0. The molecule has 2 aromatic heterocycles. The Balaban J connectivity index is 0.944. The molecule has 2 nitrogen and oxygen atoms in total. The SMILES string of the molecule is c1ccc(-c2ccc(N(c3ccc(-c4ccccc4)cc3)c3ccc(-c4cc(-c5ccc(-n6c7ccccc7c7ccccc76)cc5)c5sc6ccccc6c5c4)cc3)cc2)cc1. The van der Waals surface area contributed by atoms with Gasteiger partial charge in [0.05, 0.1) is 11.0 Å². The molecule has 3 heteroatoms. The lowest BCUT2D eigenvalue weighted by atomic mass is 9.95. The molecule has 0 saturated carbocycles. The van der Waals surface area contributed by atoms with Crippen LogP contribution in [0.5, 0.6) is 0 Å². The molecule has 0 aliphatic rings. The van der Waals surface area contributed by atoms with Crippen molar-refractivity contribution in [2.24, 2.45) is 0 Å². The largest absolute Gasteiger partial charge is 0.311 e. The number of thiophene rings is 1. The normalized spacial score (nSPS) is 11.5. The van der Waals surface area contributed by atoms with Crippen molar-refractivity contribution >= 4 is 70.4 Å². The van der Waals surface area contributed by atoms with Crippen LogP contribution in [0.15, 0.2) is 243 Å².